The lowest BCUT2D eigenvalue weighted by Gasteiger charge is -2.20. The zero-order valence-electron chi connectivity index (χ0n) is 20.7. The Hall–Kier alpha value is -3.26. The van der Waals surface area contributed by atoms with Crippen molar-refractivity contribution in [2.24, 2.45) is 5.92 Å². The first-order chi connectivity index (χ1) is 16.3. The van der Waals surface area contributed by atoms with Gasteiger partial charge in [0.15, 0.2) is 0 Å². The molecule has 0 spiro atoms. The number of anilines is 1. The lowest BCUT2D eigenvalue weighted by atomic mass is 10.0. The Kier molecular flexibility index (Phi) is 11.7. The molecular weight excluding hydrogens is 432 g/mol. The summed E-state index contributed by atoms with van der Waals surface area (Å²) in [5, 5.41) is 8.85. The molecule has 2 amide bonds. The van der Waals surface area contributed by atoms with E-state index in [9.17, 15) is 9.59 Å². The molecule has 8 heteroatoms. The van der Waals surface area contributed by atoms with Crippen LogP contribution in [0.15, 0.2) is 54.6 Å². The number of amides is 2. The van der Waals surface area contributed by atoms with Gasteiger partial charge in [-0.3, -0.25) is 4.79 Å². The van der Waals surface area contributed by atoms with Gasteiger partial charge in [0.2, 0.25) is 5.91 Å². The Morgan fingerprint density at radius 3 is 2.32 bits per heavy atom. The van der Waals surface area contributed by atoms with Gasteiger partial charge in [0.25, 0.3) is 0 Å². The highest BCUT2D eigenvalue weighted by Gasteiger charge is 2.22. The standard InChI is InChI=1S/C26H38N4O4/c1-20(2)18-24(29-26(32)34-19-21-8-6-5-7-9-21)25(31)28-15-14-27-22-10-12-23(13-11-22)33-17-16-30(3)4/h5-13,20,24,27H,14-19H2,1-4H3,(H,28,31)(H,29,32)/t24-/m0/s1. The first kappa shape index (κ1) is 27.0. The van der Waals surface area contributed by atoms with E-state index in [1.54, 1.807) is 0 Å². The molecule has 2 aromatic carbocycles. The van der Waals surface area contributed by atoms with Crippen molar-refractivity contribution in [1.29, 1.82) is 0 Å². The van der Waals surface area contributed by atoms with Crippen LogP contribution >= 0.6 is 0 Å². The van der Waals surface area contributed by atoms with Crippen LogP contribution in [0, 0.1) is 5.92 Å². The van der Waals surface area contributed by atoms with E-state index in [1.807, 2.05) is 82.5 Å². The molecule has 0 aliphatic heterocycles. The van der Waals surface area contributed by atoms with E-state index in [-0.39, 0.29) is 18.4 Å². The fourth-order valence-corrected chi connectivity index (χ4v) is 3.14. The first-order valence-electron chi connectivity index (χ1n) is 11.7. The summed E-state index contributed by atoms with van der Waals surface area (Å²) in [7, 11) is 4.02. The summed E-state index contributed by atoms with van der Waals surface area (Å²) in [6.45, 7) is 6.65. The average Bonchev–Trinajstić information content (AvgIpc) is 2.81. The Bertz CT molecular complexity index is 857. The van der Waals surface area contributed by atoms with Crippen molar-refractivity contribution in [2.45, 2.75) is 32.9 Å². The molecule has 0 fully saturated rings. The Morgan fingerprint density at radius 2 is 1.68 bits per heavy atom. The van der Waals surface area contributed by atoms with Gasteiger partial charge in [-0.2, -0.15) is 0 Å². The fraction of sp³-hybridized carbons (Fsp3) is 0.462. The minimum absolute atomic E-state index is 0.159. The minimum Gasteiger partial charge on any atom is -0.492 e. The number of alkyl carbamates (subject to hydrolysis) is 1. The van der Waals surface area contributed by atoms with Gasteiger partial charge in [0.1, 0.15) is 25.0 Å². The molecule has 3 N–H and O–H groups in total. The topological polar surface area (TPSA) is 91.9 Å². The van der Waals surface area contributed by atoms with Crippen LogP contribution < -0.4 is 20.7 Å². The maximum atomic E-state index is 12.7. The molecule has 0 aromatic heterocycles. The van der Waals surface area contributed by atoms with Crippen molar-refractivity contribution >= 4 is 17.7 Å². The van der Waals surface area contributed by atoms with E-state index in [2.05, 4.69) is 20.9 Å². The Labute approximate surface area is 203 Å². The molecule has 0 radical (unpaired) electrons. The number of nitrogens with zero attached hydrogens (tertiary/aromatic N) is 1. The number of rotatable bonds is 14. The third-order valence-electron chi connectivity index (χ3n) is 4.94. The van der Waals surface area contributed by atoms with Gasteiger partial charge in [0.05, 0.1) is 0 Å². The Morgan fingerprint density at radius 1 is 0.971 bits per heavy atom. The van der Waals surface area contributed by atoms with Gasteiger partial charge in [-0.15, -0.1) is 0 Å². The number of carbonyl (C=O) groups is 2. The number of likely N-dealkylation sites (N-methyl/N-ethyl adjacent to an activating group) is 1. The molecule has 2 rings (SSSR count). The van der Waals surface area contributed by atoms with Gasteiger partial charge in [-0.05, 0) is 56.3 Å². The number of benzene rings is 2. The molecule has 34 heavy (non-hydrogen) atoms. The van der Waals surface area contributed by atoms with Crippen LogP contribution in [0.25, 0.3) is 0 Å². The monoisotopic (exact) mass is 470 g/mol. The smallest absolute Gasteiger partial charge is 0.408 e. The summed E-state index contributed by atoms with van der Waals surface area (Å²) in [6.07, 6.45) is -0.0784. The molecule has 8 nitrogen and oxygen atoms in total. The van der Waals surface area contributed by atoms with Crippen molar-refractivity contribution in [1.82, 2.24) is 15.5 Å². The molecule has 0 heterocycles. The lowest BCUT2D eigenvalue weighted by molar-refractivity contribution is -0.123. The number of hydrogen-bond acceptors (Lipinski definition) is 6. The molecule has 1 atom stereocenters. The van der Waals surface area contributed by atoms with Gasteiger partial charge in [-0.1, -0.05) is 44.2 Å². The lowest BCUT2D eigenvalue weighted by Crippen LogP contribution is -2.48. The average molecular weight is 471 g/mol. The first-order valence-corrected chi connectivity index (χ1v) is 11.7. The van der Waals surface area contributed by atoms with Gasteiger partial charge >= 0.3 is 6.09 Å². The molecular formula is C26H38N4O4. The summed E-state index contributed by atoms with van der Waals surface area (Å²) in [6, 6.07) is 16.5. The maximum absolute atomic E-state index is 12.7. The van der Waals surface area contributed by atoms with Gasteiger partial charge in [0, 0.05) is 25.3 Å². The molecule has 0 aliphatic rings. The zero-order chi connectivity index (χ0) is 24.8. The second-order valence-electron chi connectivity index (χ2n) is 8.78. The van der Waals surface area contributed by atoms with Crippen molar-refractivity contribution in [3.8, 4) is 5.75 Å². The van der Waals surface area contributed by atoms with Crippen LogP contribution in [-0.2, 0) is 16.1 Å². The van der Waals surface area contributed by atoms with E-state index >= 15 is 0 Å². The van der Waals surface area contributed by atoms with E-state index < -0.39 is 12.1 Å². The van der Waals surface area contributed by atoms with Crippen LogP contribution in [0.1, 0.15) is 25.8 Å². The number of hydrogen-bond donors (Lipinski definition) is 3. The molecule has 0 bridgehead atoms. The van der Waals surface area contributed by atoms with Crippen molar-refractivity contribution in [2.75, 3.05) is 45.7 Å². The third kappa shape index (κ3) is 11.0. The normalized spacial score (nSPS) is 11.7. The predicted molar refractivity (Wildman–Crippen MR) is 135 cm³/mol. The Balaban J connectivity index is 1.72. The fourth-order valence-electron chi connectivity index (χ4n) is 3.14. The SMILES string of the molecule is CC(C)C[C@H](NC(=O)OCc1ccccc1)C(=O)NCCNc1ccc(OCCN(C)C)cc1. The van der Waals surface area contributed by atoms with E-state index in [4.69, 9.17) is 9.47 Å². The van der Waals surface area contributed by atoms with Gasteiger partial charge in [-0.25, -0.2) is 4.79 Å². The van der Waals surface area contributed by atoms with E-state index in [1.165, 1.54) is 0 Å². The summed E-state index contributed by atoms with van der Waals surface area (Å²) in [5.41, 5.74) is 1.83. The molecule has 0 saturated carbocycles. The largest absolute Gasteiger partial charge is 0.492 e. The van der Waals surface area contributed by atoms with Crippen LogP contribution in [-0.4, -0.2) is 63.3 Å². The van der Waals surface area contributed by atoms with Crippen molar-refractivity contribution in [3.05, 3.63) is 60.2 Å². The second-order valence-corrected chi connectivity index (χ2v) is 8.78. The highest BCUT2D eigenvalue weighted by molar-refractivity contribution is 5.85. The van der Waals surface area contributed by atoms with Crippen LogP contribution in [0.3, 0.4) is 0 Å². The van der Waals surface area contributed by atoms with Crippen molar-refractivity contribution in [3.63, 3.8) is 0 Å². The summed E-state index contributed by atoms with van der Waals surface area (Å²) in [4.78, 5) is 26.9. The van der Waals surface area contributed by atoms with Crippen LogP contribution in [0.5, 0.6) is 5.75 Å². The summed E-state index contributed by atoms with van der Waals surface area (Å²) >= 11 is 0. The minimum atomic E-state index is -0.651. The van der Waals surface area contributed by atoms with Crippen LogP contribution in [0.4, 0.5) is 10.5 Å². The van der Waals surface area contributed by atoms with Crippen molar-refractivity contribution < 1.29 is 19.1 Å². The third-order valence-corrected chi connectivity index (χ3v) is 4.94. The highest BCUT2D eigenvalue weighted by Crippen LogP contribution is 2.15. The molecule has 0 aliphatic carbocycles. The summed E-state index contributed by atoms with van der Waals surface area (Å²) < 4.78 is 11.0. The quantitative estimate of drug-likeness (QED) is 0.366. The zero-order valence-corrected chi connectivity index (χ0v) is 20.7. The summed E-state index contributed by atoms with van der Waals surface area (Å²) in [5.74, 6) is 0.834. The highest BCUT2D eigenvalue weighted by atomic mass is 16.5. The van der Waals surface area contributed by atoms with Gasteiger partial charge < -0.3 is 30.3 Å². The van der Waals surface area contributed by atoms with Crippen LogP contribution in [0.2, 0.25) is 0 Å². The molecule has 2 aromatic rings. The second kappa shape index (κ2) is 14.8. The van der Waals surface area contributed by atoms with E-state index in [0.29, 0.717) is 26.1 Å². The maximum Gasteiger partial charge on any atom is 0.408 e. The predicted octanol–water partition coefficient (Wildman–Crippen LogP) is 3.50. The number of carbonyl (C=O) groups excluding carboxylic acids is 2. The van der Waals surface area contributed by atoms with E-state index in [0.717, 1.165) is 23.5 Å². The molecule has 0 saturated heterocycles. The number of nitrogens with one attached hydrogen (secondary N) is 3. The molecule has 186 valence electrons. The number of ether oxygens (including phenoxy) is 2. The molecule has 0 unspecified atom stereocenters.